The number of nitrogens with one attached hydrogen (secondary N) is 1. The van der Waals surface area contributed by atoms with Crippen LogP contribution in [0.4, 0.5) is 17.1 Å². The predicted molar refractivity (Wildman–Crippen MR) is 156 cm³/mol. The van der Waals surface area contributed by atoms with Crippen LogP contribution in [0.25, 0.3) is 0 Å². The molecule has 3 aromatic rings. The van der Waals surface area contributed by atoms with Gasteiger partial charge in [-0.25, -0.2) is 4.99 Å². The first-order valence-electron chi connectivity index (χ1n) is 13.8. The molecular formula is C32H32N4O5. The summed E-state index contributed by atoms with van der Waals surface area (Å²) in [5, 5.41) is 3.12. The van der Waals surface area contributed by atoms with Crippen molar-refractivity contribution < 1.29 is 23.9 Å². The van der Waals surface area contributed by atoms with Gasteiger partial charge in [-0.3, -0.25) is 19.3 Å². The zero-order chi connectivity index (χ0) is 28.7. The van der Waals surface area contributed by atoms with Gasteiger partial charge < -0.3 is 19.7 Å². The minimum Gasteiger partial charge on any atom is -0.454 e. The normalized spacial score (nSPS) is 18.0. The fraction of sp³-hybridized carbons (Fsp3) is 0.312. The number of benzene rings is 3. The number of anilines is 2. The van der Waals surface area contributed by atoms with Crippen molar-refractivity contribution in [2.24, 2.45) is 10.9 Å². The van der Waals surface area contributed by atoms with E-state index in [0.717, 1.165) is 11.1 Å². The lowest BCUT2D eigenvalue weighted by Gasteiger charge is -2.39. The van der Waals surface area contributed by atoms with Gasteiger partial charge in [0.05, 0.1) is 17.1 Å². The monoisotopic (exact) mass is 552 g/mol. The molecule has 0 bridgehead atoms. The highest BCUT2D eigenvalue weighted by atomic mass is 16.7. The van der Waals surface area contributed by atoms with Crippen molar-refractivity contribution in [1.29, 1.82) is 0 Å². The van der Waals surface area contributed by atoms with E-state index in [0.29, 0.717) is 65.8 Å². The number of hydrogen-bond donors (Lipinski definition) is 1. The van der Waals surface area contributed by atoms with E-state index in [2.05, 4.69) is 5.32 Å². The Kier molecular flexibility index (Phi) is 6.95. The van der Waals surface area contributed by atoms with E-state index in [4.69, 9.17) is 14.5 Å². The minimum absolute atomic E-state index is 0.00213. The van der Waals surface area contributed by atoms with Crippen molar-refractivity contribution >= 4 is 40.5 Å². The number of piperidine rings is 1. The van der Waals surface area contributed by atoms with Crippen LogP contribution in [0, 0.1) is 19.8 Å². The highest BCUT2D eigenvalue weighted by Crippen LogP contribution is 2.40. The molecule has 1 N–H and O–H groups in total. The van der Waals surface area contributed by atoms with Crippen molar-refractivity contribution in [2.75, 3.05) is 30.1 Å². The molecule has 1 saturated heterocycles. The molecule has 0 spiro atoms. The van der Waals surface area contributed by atoms with E-state index in [9.17, 15) is 14.4 Å². The molecule has 3 amide bonds. The van der Waals surface area contributed by atoms with E-state index in [1.165, 1.54) is 0 Å². The summed E-state index contributed by atoms with van der Waals surface area (Å²) in [4.78, 5) is 49.0. The summed E-state index contributed by atoms with van der Waals surface area (Å²) in [5.41, 5.74) is 4.85. The second-order valence-electron chi connectivity index (χ2n) is 10.7. The first-order chi connectivity index (χ1) is 19.8. The summed E-state index contributed by atoms with van der Waals surface area (Å²) in [6.07, 6.45) is 1.05. The van der Waals surface area contributed by atoms with E-state index in [-0.39, 0.29) is 30.4 Å². The molecule has 6 rings (SSSR count). The van der Waals surface area contributed by atoms with Crippen LogP contribution >= 0.6 is 0 Å². The van der Waals surface area contributed by atoms with Gasteiger partial charge in [-0.1, -0.05) is 30.3 Å². The summed E-state index contributed by atoms with van der Waals surface area (Å²) < 4.78 is 11.1. The van der Waals surface area contributed by atoms with Crippen molar-refractivity contribution in [3.8, 4) is 11.5 Å². The van der Waals surface area contributed by atoms with E-state index in [1.807, 2.05) is 68.4 Å². The fourth-order valence-corrected chi connectivity index (χ4v) is 5.82. The molecule has 9 nitrogen and oxygen atoms in total. The highest BCUT2D eigenvalue weighted by molar-refractivity contribution is 6.27. The van der Waals surface area contributed by atoms with E-state index >= 15 is 0 Å². The number of hydrogen-bond acceptors (Lipinski definition) is 6. The third-order valence-corrected chi connectivity index (χ3v) is 8.07. The molecule has 0 radical (unpaired) electrons. The zero-order valence-corrected chi connectivity index (χ0v) is 23.3. The molecule has 3 aliphatic heterocycles. The zero-order valence-electron chi connectivity index (χ0n) is 23.3. The molecular weight excluding hydrogens is 520 g/mol. The third-order valence-electron chi connectivity index (χ3n) is 8.07. The van der Waals surface area contributed by atoms with E-state index in [1.54, 1.807) is 22.8 Å². The summed E-state index contributed by atoms with van der Waals surface area (Å²) in [7, 11) is 0. The van der Waals surface area contributed by atoms with Gasteiger partial charge in [0, 0.05) is 37.2 Å². The Morgan fingerprint density at radius 3 is 2.34 bits per heavy atom. The minimum atomic E-state index is -1.04. The molecule has 3 heterocycles. The van der Waals surface area contributed by atoms with Crippen molar-refractivity contribution in [1.82, 2.24) is 4.90 Å². The summed E-state index contributed by atoms with van der Waals surface area (Å²) in [6, 6.07) is 17.6. The van der Waals surface area contributed by atoms with Gasteiger partial charge in [-0.2, -0.15) is 0 Å². The van der Waals surface area contributed by atoms with Crippen LogP contribution in [0.3, 0.4) is 0 Å². The summed E-state index contributed by atoms with van der Waals surface area (Å²) >= 11 is 0. The molecule has 1 atom stereocenters. The molecule has 9 heteroatoms. The van der Waals surface area contributed by atoms with Gasteiger partial charge in [0.15, 0.2) is 17.5 Å². The molecule has 3 aliphatic rings. The van der Waals surface area contributed by atoms with Crippen molar-refractivity contribution in [3.05, 3.63) is 77.4 Å². The van der Waals surface area contributed by atoms with Gasteiger partial charge in [0.2, 0.25) is 18.6 Å². The maximum absolute atomic E-state index is 14.4. The Hall–Kier alpha value is -4.66. The van der Waals surface area contributed by atoms with Gasteiger partial charge in [-0.05, 0) is 68.1 Å². The Balaban J connectivity index is 1.45. The predicted octanol–water partition coefficient (Wildman–Crippen LogP) is 4.77. The lowest BCUT2D eigenvalue weighted by Crippen LogP contribution is -2.56. The van der Waals surface area contributed by atoms with Crippen LogP contribution in [-0.4, -0.2) is 54.3 Å². The van der Waals surface area contributed by atoms with Crippen LogP contribution in [0.1, 0.15) is 36.5 Å². The number of rotatable bonds is 4. The first-order valence-corrected chi connectivity index (χ1v) is 13.8. The topological polar surface area (TPSA) is 101 Å². The fourth-order valence-electron chi connectivity index (χ4n) is 5.82. The number of para-hydroxylation sites is 3. The number of aliphatic imine (C=N–C) groups is 1. The third kappa shape index (κ3) is 4.92. The molecule has 3 aromatic carbocycles. The van der Waals surface area contributed by atoms with Gasteiger partial charge >= 0.3 is 0 Å². The average molecular weight is 553 g/mol. The van der Waals surface area contributed by atoms with Gasteiger partial charge in [-0.15, -0.1) is 0 Å². The quantitative estimate of drug-likeness (QED) is 0.503. The van der Waals surface area contributed by atoms with Crippen LogP contribution < -0.4 is 19.7 Å². The Labute approximate surface area is 238 Å². The summed E-state index contributed by atoms with van der Waals surface area (Å²) in [5.74, 6) is 0.325. The van der Waals surface area contributed by atoms with Crippen LogP contribution in [0.15, 0.2) is 65.7 Å². The van der Waals surface area contributed by atoms with Gasteiger partial charge in [0.25, 0.3) is 5.91 Å². The lowest BCUT2D eigenvalue weighted by atomic mass is 9.91. The van der Waals surface area contributed by atoms with Crippen molar-refractivity contribution in [3.63, 3.8) is 0 Å². The molecule has 0 aromatic heterocycles. The molecule has 41 heavy (non-hydrogen) atoms. The number of amides is 3. The number of carbonyl (C=O) groups excluding carboxylic acids is 3. The Morgan fingerprint density at radius 1 is 0.902 bits per heavy atom. The molecule has 0 aliphatic carbocycles. The Bertz CT molecular complexity index is 1550. The largest absolute Gasteiger partial charge is 0.454 e. The maximum Gasteiger partial charge on any atom is 0.253 e. The summed E-state index contributed by atoms with van der Waals surface area (Å²) in [6.45, 7) is 6.56. The SMILES string of the molecule is CC(=O)N1CCC(C(=O)N2c3ccccc3N=C(c3ccc4c(c3)OCO4)C2C(=O)Nc2c(C)cccc2C)CC1. The number of likely N-dealkylation sites (tertiary alicyclic amines) is 1. The van der Waals surface area contributed by atoms with Crippen LogP contribution in [0.5, 0.6) is 11.5 Å². The smallest absolute Gasteiger partial charge is 0.253 e. The van der Waals surface area contributed by atoms with Crippen LogP contribution in [0.2, 0.25) is 0 Å². The highest BCUT2D eigenvalue weighted by Gasteiger charge is 2.43. The molecule has 0 saturated carbocycles. The molecule has 1 fully saturated rings. The number of carbonyl (C=O) groups is 3. The standard InChI is InChI=1S/C32H32N4O5/c1-19-7-6-8-20(2)28(19)34-31(38)30-29(23-11-12-26-27(17-23)41-18-40-26)33-24-9-4-5-10-25(24)36(30)32(39)22-13-15-35(16-14-22)21(3)37/h4-12,17,22,30H,13-16,18H2,1-3H3,(H,34,38). The maximum atomic E-state index is 14.4. The molecule has 210 valence electrons. The Morgan fingerprint density at radius 2 is 1.61 bits per heavy atom. The second kappa shape index (κ2) is 10.7. The first kappa shape index (κ1) is 26.6. The molecule has 1 unspecified atom stereocenters. The average Bonchev–Trinajstić information content (AvgIpc) is 3.46. The van der Waals surface area contributed by atoms with E-state index < -0.39 is 6.04 Å². The lowest BCUT2D eigenvalue weighted by molar-refractivity contribution is -0.133. The second-order valence-corrected chi connectivity index (χ2v) is 10.7. The number of aryl methyl sites for hydroxylation is 2. The number of nitrogens with zero attached hydrogens (tertiary/aromatic N) is 3. The van der Waals surface area contributed by atoms with Crippen LogP contribution in [-0.2, 0) is 14.4 Å². The number of fused-ring (bicyclic) bond motifs is 2. The van der Waals surface area contributed by atoms with Crippen molar-refractivity contribution in [2.45, 2.75) is 39.7 Å². The van der Waals surface area contributed by atoms with Gasteiger partial charge in [0.1, 0.15) is 0 Å². The number of ether oxygens (including phenoxy) is 2.